The molecular formula is C19H21F3O2Si. The van der Waals surface area contributed by atoms with Gasteiger partial charge in [0.1, 0.15) is 0 Å². The normalized spacial score (nSPS) is 14.8. The smallest absolute Gasteiger partial charge is 0.416 e. The van der Waals surface area contributed by atoms with E-state index in [2.05, 4.69) is 13.1 Å². The number of benzene rings is 2. The lowest BCUT2D eigenvalue weighted by molar-refractivity contribution is -0.141. The third-order valence-corrected chi connectivity index (χ3v) is 8.99. The summed E-state index contributed by atoms with van der Waals surface area (Å²) in [7, 11) is -2.30. The number of hydrogen-bond donors (Lipinski definition) is 1. The van der Waals surface area contributed by atoms with Crippen molar-refractivity contribution in [2.45, 2.75) is 31.7 Å². The number of carbonyl (C=O) groups is 1. The van der Waals surface area contributed by atoms with Gasteiger partial charge >= 0.3 is 12.1 Å². The van der Waals surface area contributed by atoms with E-state index in [1.807, 2.05) is 30.3 Å². The number of rotatable bonds is 5. The summed E-state index contributed by atoms with van der Waals surface area (Å²) in [5, 5.41) is 10.6. The van der Waals surface area contributed by atoms with Gasteiger partial charge < -0.3 is 5.11 Å². The minimum atomic E-state index is -4.40. The molecule has 0 spiro atoms. The van der Waals surface area contributed by atoms with Crippen molar-refractivity contribution in [1.82, 2.24) is 0 Å². The summed E-state index contributed by atoms with van der Waals surface area (Å²) in [6.45, 7) is 5.75. The van der Waals surface area contributed by atoms with Crippen LogP contribution >= 0.6 is 0 Å². The Labute approximate surface area is 146 Å². The molecule has 0 aliphatic heterocycles. The van der Waals surface area contributed by atoms with Crippen LogP contribution in [0.3, 0.4) is 0 Å². The van der Waals surface area contributed by atoms with Crippen LogP contribution in [0.1, 0.15) is 23.6 Å². The molecule has 0 aliphatic rings. The number of halogens is 3. The molecule has 0 saturated carbocycles. The first kappa shape index (κ1) is 19.2. The maximum Gasteiger partial charge on any atom is 0.416 e. The molecule has 25 heavy (non-hydrogen) atoms. The molecule has 2 atom stereocenters. The van der Waals surface area contributed by atoms with Crippen molar-refractivity contribution in [2.75, 3.05) is 0 Å². The van der Waals surface area contributed by atoms with E-state index in [9.17, 15) is 23.1 Å². The van der Waals surface area contributed by atoms with E-state index >= 15 is 0 Å². The second kappa shape index (κ2) is 7.04. The van der Waals surface area contributed by atoms with Crippen molar-refractivity contribution in [2.24, 2.45) is 5.92 Å². The first-order valence-electron chi connectivity index (χ1n) is 8.00. The number of carboxylic acids is 1. The SMILES string of the molecule is C[C@@H](C(=O)O)[C@@H](c1ccc(C(F)(F)F)cc1)[Si](C)(C)c1ccccc1. The van der Waals surface area contributed by atoms with E-state index in [1.54, 1.807) is 6.92 Å². The Hall–Kier alpha value is -2.08. The fourth-order valence-corrected chi connectivity index (χ4v) is 7.23. The van der Waals surface area contributed by atoms with Crippen molar-refractivity contribution >= 4 is 19.2 Å². The predicted molar refractivity (Wildman–Crippen MR) is 94.5 cm³/mol. The minimum absolute atomic E-state index is 0.338. The van der Waals surface area contributed by atoms with E-state index in [4.69, 9.17) is 0 Å². The van der Waals surface area contributed by atoms with Gasteiger partial charge in [0, 0.05) is 0 Å². The van der Waals surface area contributed by atoms with Crippen LogP contribution < -0.4 is 5.19 Å². The number of alkyl halides is 3. The summed E-state index contributed by atoms with van der Waals surface area (Å²) in [6, 6.07) is 14.5. The Morgan fingerprint density at radius 3 is 1.96 bits per heavy atom. The fourth-order valence-electron chi connectivity index (χ4n) is 3.40. The van der Waals surface area contributed by atoms with E-state index in [-0.39, 0.29) is 5.54 Å². The van der Waals surface area contributed by atoms with Crippen LogP contribution in [0.15, 0.2) is 54.6 Å². The zero-order valence-electron chi connectivity index (χ0n) is 14.3. The van der Waals surface area contributed by atoms with E-state index in [0.29, 0.717) is 5.56 Å². The van der Waals surface area contributed by atoms with Crippen molar-refractivity contribution in [3.63, 3.8) is 0 Å². The van der Waals surface area contributed by atoms with Crippen molar-refractivity contribution in [3.8, 4) is 0 Å². The fraction of sp³-hybridized carbons (Fsp3) is 0.316. The second-order valence-electron chi connectivity index (χ2n) is 6.81. The van der Waals surface area contributed by atoms with Crippen LogP contribution in [-0.2, 0) is 11.0 Å². The Kier molecular flexibility index (Phi) is 5.42. The molecule has 6 heteroatoms. The molecule has 0 fully saturated rings. The van der Waals surface area contributed by atoms with Crippen molar-refractivity contribution in [1.29, 1.82) is 0 Å². The third-order valence-electron chi connectivity index (χ3n) is 4.78. The Bertz CT molecular complexity index is 725. The zero-order valence-corrected chi connectivity index (χ0v) is 15.3. The van der Waals surface area contributed by atoms with Gasteiger partial charge in [0.25, 0.3) is 0 Å². The first-order valence-corrected chi connectivity index (χ1v) is 11.1. The average molecular weight is 366 g/mol. The largest absolute Gasteiger partial charge is 0.481 e. The second-order valence-corrected chi connectivity index (χ2v) is 11.5. The van der Waals surface area contributed by atoms with Gasteiger partial charge in [0.05, 0.1) is 19.6 Å². The highest BCUT2D eigenvalue weighted by molar-refractivity contribution is 6.91. The van der Waals surface area contributed by atoms with Gasteiger partial charge in [0.2, 0.25) is 0 Å². The molecule has 0 heterocycles. The molecular weight excluding hydrogens is 345 g/mol. The predicted octanol–water partition coefficient (Wildman–Crippen LogP) is 4.66. The summed E-state index contributed by atoms with van der Waals surface area (Å²) in [6.07, 6.45) is -4.40. The molecule has 0 unspecified atom stereocenters. The minimum Gasteiger partial charge on any atom is -0.481 e. The maximum absolute atomic E-state index is 12.8. The molecule has 0 radical (unpaired) electrons. The van der Waals surface area contributed by atoms with Crippen LogP contribution in [0.5, 0.6) is 0 Å². The Balaban J connectivity index is 2.52. The van der Waals surface area contributed by atoms with Crippen molar-refractivity contribution < 1.29 is 23.1 Å². The zero-order chi connectivity index (χ0) is 18.8. The summed E-state index contributed by atoms with van der Waals surface area (Å²) in [5.41, 5.74) is -0.421. The van der Waals surface area contributed by atoms with Gasteiger partial charge in [-0.1, -0.05) is 67.7 Å². The molecule has 0 amide bonds. The molecule has 2 aromatic rings. The quantitative estimate of drug-likeness (QED) is 0.781. The van der Waals surface area contributed by atoms with E-state index in [1.165, 1.54) is 12.1 Å². The summed E-state index contributed by atoms with van der Waals surface area (Å²) in [5.74, 6) is -1.64. The number of aliphatic carboxylic acids is 1. The summed E-state index contributed by atoms with van der Waals surface area (Å²) >= 11 is 0. The van der Waals surface area contributed by atoms with Crippen LogP contribution in [-0.4, -0.2) is 19.1 Å². The van der Waals surface area contributed by atoms with Gasteiger partial charge in [-0.05, 0) is 23.2 Å². The number of hydrogen-bond acceptors (Lipinski definition) is 1. The summed E-state index contributed by atoms with van der Waals surface area (Å²) in [4.78, 5) is 11.7. The monoisotopic (exact) mass is 366 g/mol. The lowest BCUT2D eigenvalue weighted by Crippen LogP contribution is -2.51. The van der Waals surface area contributed by atoms with E-state index in [0.717, 1.165) is 17.3 Å². The van der Waals surface area contributed by atoms with Crippen LogP contribution in [0, 0.1) is 5.92 Å². The van der Waals surface area contributed by atoms with Crippen LogP contribution in [0.4, 0.5) is 13.2 Å². The average Bonchev–Trinajstić information content (AvgIpc) is 2.55. The molecule has 0 aliphatic carbocycles. The molecule has 134 valence electrons. The first-order chi connectivity index (χ1) is 11.5. The van der Waals surface area contributed by atoms with Gasteiger partial charge in [-0.25, -0.2) is 0 Å². The molecule has 2 aromatic carbocycles. The van der Waals surface area contributed by atoms with Gasteiger partial charge in [-0.2, -0.15) is 13.2 Å². The van der Waals surface area contributed by atoms with E-state index < -0.39 is 31.7 Å². The Morgan fingerprint density at radius 2 is 1.52 bits per heavy atom. The molecule has 1 N–H and O–H groups in total. The standard InChI is InChI=1S/C19H21F3O2Si/c1-13(18(23)24)17(25(2,3)16-7-5-4-6-8-16)14-9-11-15(12-10-14)19(20,21)22/h4-13,17H,1-3H3,(H,23,24)/t13-,17+/m1/s1. The van der Waals surface area contributed by atoms with Crippen molar-refractivity contribution in [3.05, 3.63) is 65.7 Å². The lowest BCUT2D eigenvalue weighted by atomic mass is 9.99. The Morgan fingerprint density at radius 1 is 1.00 bits per heavy atom. The van der Waals surface area contributed by atoms with Crippen LogP contribution in [0.25, 0.3) is 0 Å². The topological polar surface area (TPSA) is 37.3 Å². The maximum atomic E-state index is 12.8. The summed E-state index contributed by atoms with van der Waals surface area (Å²) < 4.78 is 38.5. The molecule has 0 bridgehead atoms. The highest BCUT2D eigenvalue weighted by Gasteiger charge is 2.41. The molecule has 2 nitrogen and oxygen atoms in total. The molecule has 0 aromatic heterocycles. The van der Waals surface area contributed by atoms with Crippen LogP contribution in [0.2, 0.25) is 13.1 Å². The highest BCUT2D eigenvalue weighted by Crippen LogP contribution is 2.36. The molecule has 0 saturated heterocycles. The molecule has 2 rings (SSSR count). The number of carboxylic acid groups (broad SMARTS) is 1. The van der Waals surface area contributed by atoms with Gasteiger partial charge in [-0.3, -0.25) is 4.79 Å². The lowest BCUT2D eigenvalue weighted by Gasteiger charge is -2.36. The highest BCUT2D eigenvalue weighted by atomic mass is 28.3. The van der Waals surface area contributed by atoms with Gasteiger partial charge in [0.15, 0.2) is 0 Å². The van der Waals surface area contributed by atoms with Gasteiger partial charge in [-0.15, -0.1) is 0 Å². The third kappa shape index (κ3) is 4.12.